The molecule has 1 aromatic heterocycles. The smallest absolute Gasteiger partial charge is 0.170 e. The summed E-state index contributed by atoms with van der Waals surface area (Å²) in [7, 11) is 0. The van der Waals surface area contributed by atoms with E-state index in [1.807, 2.05) is 31.2 Å². The highest BCUT2D eigenvalue weighted by Crippen LogP contribution is 2.14. The number of halogens is 1. The van der Waals surface area contributed by atoms with Gasteiger partial charge in [-0.1, -0.05) is 28.1 Å². The van der Waals surface area contributed by atoms with Gasteiger partial charge in [0.05, 0.1) is 5.56 Å². The molecular formula is C13H11BrO2. The van der Waals surface area contributed by atoms with Gasteiger partial charge >= 0.3 is 0 Å². The third kappa shape index (κ3) is 2.61. The summed E-state index contributed by atoms with van der Waals surface area (Å²) in [5.74, 6) is 0.846. The summed E-state index contributed by atoms with van der Waals surface area (Å²) < 4.78 is 6.13. The van der Waals surface area contributed by atoms with Crippen molar-refractivity contribution in [2.24, 2.45) is 0 Å². The Hall–Kier alpha value is -1.35. The first-order valence-electron chi connectivity index (χ1n) is 4.98. The molecule has 0 aliphatic rings. The van der Waals surface area contributed by atoms with Gasteiger partial charge in [-0.2, -0.15) is 0 Å². The fraction of sp³-hybridized carbons (Fsp3) is 0.154. The number of carbonyl (C=O) groups excluding carboxylic acids is 1. The maximum absolute atomic E-state index is 11.8. The molecule has 3 heteroatoms. The predicted octanol–water partition coefficient (Wildman–Crippen LogP) is 3.78. The molecule has 1 heterocycles. The van der Waals surface area contributed by atoms with E-state index in [2.05, 4.69) is 15.9 Å². The second kappa shape index (κ2) is 4.66. The number of carbonyl (C=O) groups is 1. The van der Waals surface area contributed by atoms with Crippen LogP contribution >= 0.6 is 15.9 Å². The van der Waals surface area contributed by atoms with E-state index < -0.39 is 0 Å². The average molecular weight is 279 g/mol. The molecule has 0 aliphatic heterocycles. The lowest BCUT2D eigenvalue weighted by molar-refractivity contribution is 0.0992. The van der Waals surface area contributed by atoms with E-state index in [4.69, 9.17) is 4.42 Å². The summed E-state index contributed by atoms with van der Waals surface area (Å²) in [4.78, 5) is 11.8. The number of hydrogen-bond donors (Lipinski definition) is 0. The number of furan rings is 1. The number of benzene rings is 1. The van der Waals surface area contributed by atoms with Gasteiger partial charge in [-0.05, 0) is 30.7 Å². The molecule has 0 radical (unpaired) electrons. The molecule has 0 atom stereocenters. The topological polar surface area (TPSA) is 30.2 Å². The number of aryl methyl sites for hydroxylation is 1. The molecule has 0 N–H and O–H groups in total. The summed E-state index contributed by atoms with van der Waals surface area (Å²) in [5.41, 5.74) is 1.65. The molecule has 1 aromatic carbocycles. The van der Waals surface area contributed by atoms with E-state index in [0.717, 1.165) is 15.8 Å². The normalized spacial score (nSPS) is 10.4. The van der Waals surface area contributed by atoms with Crippen molar-refractivity contribution in [3.8, 4) is 0 Å². The van der Waals surface area contributed by atoms with Crippen LogP contribution in [0.2, 0.25) is 0 Å². The Morgan fingerprint density at radius 2 is 2.00 bits per heavy atom. The molecule has 82 valence electrons. The largest absolute Gasteiger partial charge is 0.469 e. The zero-order valence-electron chi connectivity index (χ0n) is 8.87. The molecule has 0 fully saturated rings. The molecular weight excluding hydrogens is 268 g/mol. The first kappa shape index (κ1) is 11.1. The fourth-order valence-electron chi connectivity index (χ4n) is 1.48. The van der Waals surface area contributed by atoms with Crippen LogP contribution in [0.4, 0.5) is 0 Å². The average Bonchev–Trinajstić information content (AvgIpc) is 2.68. The molecule has 0 saturated heterocycles. The van der Waals surface area contributed by atoms with Crippen molar-refractivity contribution in [2.45, 2.75) is 13.3 Å². The Balaban J connectivity index is 2.10. The quantitative estimate of drug-likeness (QED) is 0.800. The maximum atomic E-state index is 11.8. The van der Waals surface area contributed by atoms with Crippen LogP contribution in [0.15, 0.2) is 45.5 Å². The molecule has 16 heavy (non-hydrogen) atoms. The Bertz CT molecular complexity index is 497. The highest BCUT2D eigenvalue weighted by Gasteiger charge is 2.09. The highest BCUT2D eigenvalue weighted by atomic mass is 79.9. The van der Waals surface area contributed by atoms with Crippen LogP contribution in [0, 0.1) is 6.92 Å². The fourth-order valence-corrected chi connectivity index (χ4v) is 1.74. The van der Waals surface area contributed by atoms with Gasteiger partial charge in [-0.3, -0.25) is 4.79 Å². The summed E-state index contributed by atoms with van der Waals surface area (Å²) in [6.45, 7) is 1.83. The zero-order chi connectivity index (χ0) is 11.5. The monoisotopic (exact) mass is 278 g/mol. The summed E-state index contributed by atoms with van der Waals surface area (Å²) >= 11 is 3.36. The minimum Gasteiger partial charge on any atom is -0.469 e. The minimum atomic E-state index is 0.0826. The van der Waals surface area contributed by atoms with Crippen molar-refractivity contribution in [1.29, 1.82) is 0 Å². The van der Waals surface area contributed by atoms with Crippen LogP contribution in [-0.4, -0.2) is 5.78 Å². The summed E-state index contributed by atoms with van der Waals surface area (Å²) in [5, 5.41) is 0. The van der Waals surface area contributed by atoms with E-state index in [-0.39, 0.29) is 5.78 Å². The lowest BCUT2D eigenvalue weighted by atomic mass is 10.1. The van der Waals surface area contributed by atoms with Gasteiger partial charge in [0.25, 0.3) is 0 Å². The Morgan fingerprint density at radius 1 is 1.31 bits per heavy atom. The zero-order valence-corrected chi connectivity index (χ0v) is 10.5. The van der Waals surface area contributed by atoms with Crippen LogP contribution in [0.25, 0.3) is 0 Å². The first-order chi connectivity index (χ1) is 7.65. The molecule has 2 nitrogen and oxygen atoms in total. The lowest BCUT2D eigenvalue weighted by Crippen LogP contribution is -2.01. The third-order valence-electron chi connectivity index (χ3n) is 2.33. The molecule has 0 saturated carbocycles. The van der Waals surface area contributed by atoms with Crippen molar-refractivity contribution in [3.05, 3.63) is 58.0 Å². The van der Waals surface area contributed by atoms with Gasteiger partial charge in [0.1, 0.15) is 12.0 Å². The molecule has 0 amide bonds. The van der Waals surface area contributed by atoms with Crippen molar-refractivity contribution in [2.75, 3.05) is 0 Å². The van der Waals surface area contributed by atoms with Crippen molar-refractivity contribution in [3.63, 3.8) is 0 Å². The number of Topliss-reactive ketones (excluding diaryl/α,β-unsaturated/α-hetero) is 1. The standard InChI is InChI=1S/C13H11BrO2/c1-9-6-11(8-16-9)13(15)7-10-2-4-12(14)5-3-10/h2-6,8H,7H2,1H3. The van der Waals surface area contributed by atoms with Crippen molar-refractivity contribution < 1.29 is 9.21 Å². The van der Waals surface area contributed by atoms with Gasteiger partial charge in [0.2, 0.25) is 0 Å². The summed E-state index contributed by atoms with van der Waals surface area (Å²) in [6, 6.07) is 9.51. The van der Waals surface area contributed by atoms with E-state index in [1.165, 1.54) is 6.26 Å². The Kier molecular flexibility index (Phi) is 3.25. The second-order valence-electron chi connectivity index (χ2n) is 3.67. The van der Waals surface area contributed by atoms with E-state index >= 15 is 0 Å². The van der Waals surface area contributed by atoms with Gasteiger partial charge in [-0.25, -0.2) is 0 Å². The Labute approximate surface area is 102 Å². The number of ketones is 1. The molecule has 0 unspecified atom stereocenters. The van der Waals surface area contributed by atoms with Crippen LogP contribution in [0.3, 0.4) is 0 Å². The van der Waals surface area contributed by atoms with E-state index in [9.17, 15) is 4.79 Å². The maximum Gasteiger partial charge on any atom is 0.170 e. The van der Waals surface area contributed by atoms with Crippen molar-refractivity contribution >= 4 is 21.7 Å². The Morgan fingerprint density at radius 3 is 2.56 bits per heavy atom. The molecule has 0 aliphatic carbocycles. The summed E-state index contributed by atoms with van der Waals surface area (Å²) in [6.07, 6.45) is 1.92. The molecule has 0 spiro atoms. The number of rotatable bonds is 3. The minimum absolute atomic E-state index is 0.0826. The molecule has 0 bridgehead atoms. The lowest BCUT2D eigenvalue weighted by Gasteiger charge is -1.99. The van der Waals surface area contributed by atoms with Gasteiger partial charge in [-0.15, -0.1) is 0 Å². The van der Waals surface area contributed by atoms with Crippen LogP contribution < -0.4 is 0 Å². The van der Waals surface area contributed by atoms with Crippen LogP contribution in [0.5, 0.6) is 0 Å². The second-order valence-corrected chi connectivity index (χ2v) is 4.59. The molecule has 2 rings (SSSR count). The van der Waals surface area contributed by atoms with E-state index in [1.54, 1.807) is 6.07 Å². The third-order valence-corrected chi connectivity index (χ3v) is 2.86. The van der Waals surface area contributed by atoms with E-state index in [0.29, 0.717) is 12.0 Å². The van der Waals surface area contributed by atoms with Gasteiger partial charge < -0.3 is 4.42 Å². The number of hydrogen-bond acceptors (Lipinski definition) is 2. The molecule has 2 aromatic rings. The van der Waals surface area contributed by atoms with Crippen LogP contribution in [0.1, 0.15) is 21.7 Å². The highest BCUT2D eigenvalue weighted by molar-refractivity contribution is 9.10. The van der Waals surface area contributed by atoms with Crippen molar-refractivity contribution in [1.82, 2.24) is 0 Å². The van der Waals surface area contributed by atoms with Gasteiger partial charge in [0, 0.05) is 10.9 Å². The van der Waals surface area contributed by atoms with Crippen LogP contribution in [-0.2, 0) is 6.42 Å². The van der Waals surface area contributed by atoms with Gasteiger partial charge in [0.15, 0.2) is 5.78 Å². The predicted molar refractivity (Wildman–Crippen MR) is 65.6 cm³/mol. The SMILES string of the molecule is Cc1cc(C(=O)Cc2ccc(Br)cc2)co1. The first-order valence-corrected chi connectivity index (χ1v) is 5.77.